The van der Waals surface area contributed by atoms with Gasteiger partial charge >= 0.3 is 5.97 Å². The van der Waals surface area contributed by atoms with Gasteiger partial charge in [-0.25, -0.2) is 9.18 Å². The molecule has 0 spiro atoms. The quantitative estimate of drug-likeness (QED) is 0.330. The van der Waals surface area contributed by atoms with Crippen LogP contribution in [0, 0.1) is 12.7 Å². The Labute approximate surface area is 208 Å². The van der Waals surface area contributed by atoms with Crippen LogP contribution in [0.1, 0.15) is 61.5 Å². The van der Waals surface area contributed by atoms with Crippen LogP contribution in [0.5, 0.6) is 0 Å². The molecule has 0 radical (unpaired) electrons. The number of hydrogen-bond donors (Lipinski definition) is 1. The summed E-state index contributed by atoms with van der Waals surface area (Å²) in [6.45, 7) is 7.60. The van der Waals surface area contributed by atoms with Crippen LogP contribution in [0.15, 0.2) is 48.5 Å². The number of likely N-dealkylation sites (tertiary alicyclic amines) is 1. The van der Waals surface area contributed by atoms with Crippen molar-refractivity contribution in [3.63, 3.8) is 0 Å². The average Bonchev–Trinajstić information content (AvgIpc) is 3.27. The molecule has 2 aromatic rings. The fraction of sp³-hybridized carbons (Fsp3) is 0.483. The van der Waals surface area contributed by atoms with Gasteiger partial charge in [0.2, 0.25) is 0 Å². The van der Waals surface area contributed by atoms with Gasteiger partial charge in [0.05, 0.1) is 25.4 Å². The Kier molecular flexibility index (Phi) is 10.5. The van der Waals surface area contributed by atoms with E-state index in [9.17, 15) is 14.3 Å². The van der Waals surface area contributed by atoms with E-state index in [0.29, 0.717) is 24.8 Å². The molecule has 0 aliphatic carbocycles. The molecule has 0 bridgehead atoms. The van der Waals surface area contributed by atoms with Gasteiger partial charge in [-0.1, -0.05) is 43.3 Å². The lowest BCUT2D eigenvalue weighted by Crippen LogP contribution is -2.39. The van der Waals surface area contributed by atoms with Crippen molar-refractivity contribution in [3.05, 3.63) is 76.6 Å². The van der Waals surface area contributed by atoms with Crippen molar-refractivity contribution in [2.45, 2.75) is 64.7 Å². The summed E-state index contributed by atoms with van der Waals surface area (Å²) in [5.74, 6) is -0.538. The average molecular weight is 484 g/mol. The zero-order chi connectivity index (χ0) is 25.2. The number of β-amino-alcohol motifs (C(OH)–C–C–N with tert-alkyl or cyclic N) is 1. The number of aliphatic hydroxyl groups is 1. The Morgan fingerprint density at radius 1 is 1.26 bits per heavy atom. The van der Waals surface area contributed by atoms with Crippen molar-refractivity contribution >= 4 is 12.0 Å². The van der Waals surface area contributed by atoms with Crippen LogP contribution in [0.2, 0.25) is 0 Å². The maximum atomic E-state index is 14.0. The third kappa shape index (κ3) is 7.99. The van der Waals surface area contributed by atoms with Crippen LogP contribution >= 0.6 is 0 Å². The first-order valence-electron chi connectivity index (χ1n) is 12.6. The number of hydrogen-bond acceptors (Lipinski definition) is 5. The lowest BCUT2D eigenvalue weighted by atomic mass is 10.00. The highest BCUT2D eigenvalue weighted by Crippen LogP contribution is 2.27. The number of rotatable bonds is 12. The molecule has 190 valence electrons. The summed E-state index contributed by atoms with van der Waals surface area (Å²) in [7, 11) is 0. The van der Waals surface area contributed by atoms with Gasteiger partial charge in [0.1, 0.15) is 5.82 Å². The fourth-order valence-electron chi connectivity index (χ4n) is 4.68. The molecule has 0 aromatic heterocycles. The van der Waals surface area contributed by atoms with Crippen LogP contribution in [0.4, 0.5) is 4.39 Å². The Balaban J connectivity index is 1.56. The highest BCUT2D eigenvalue weighted by atomic mass is 19.1. The third-order valence-electron chi connectivity index (χ3n) is 6.54. The summed E-state index contributed by atoms with van der Waals surface area (Å²) in [6.07, 6.45) is 5.99. The minimum atomic E-state index is -0.623. The highest BCUT2D eigenvalue weighted by molar-refractivity contribution is 5.87. The normalized spacial score (nSPS) is 18.1. The minimum Gasteiger partial charge on any atom is -0.463 e. The first-order chi connectivity index (χ1) is 16.9. The predicted molar refractivity (Wildman–Crippen MR) is 137 cm³/mol. The monoisotopic (exact) mass is 483 g/mol. The molecule has 3 rings (SSSR count). The zero-order valence-corrected chi connectivity index (χ0v) is 21.1. The number of carbonyl (C=O) groups is 1. The molecule has 1 aliphatic heterocycles. The smallest absolute Gasteiger partial charge is 0.330 e. The molecule has 0 unspecified atom stereocenters. The molecule has 3 atom stereocenters. The van der Waals surface area contributed by atoms with E-state index in [1.54, 1.807) is 26.0 Å². The van der Waals surface area contributed by atoms with Crippen LogP contribution in [-0.4, -0.2) is 54.4 Å². The Hall–Kier alpha value is -2.54. The zero-order valence-electron chi connectivity index (χ0n) is 21.1. The number of carbonyl (C=O) groups excluding carboxylic acids is 1. The van der Waals surface area contributed by atoms with Crippen molar-refractivity contribution in [1.82, 2.24) is 4.90 Å². The van der Waals surface area contributed by atoms with Gasteiger partial charge in [0, 0.05) is 18.7 Å². The van der Waals surface area contributed by atoms with Crippen LogP contribution < -0.4 is 0 Å². The van der Waals surface area contributed by atoms with E-state index in [1.807, 2.05) is 43.3 Å². The molecule has 2 aromatic carbocycles. The minimum absolute atomic E-state index is 0.163. The SMILES string of the molecule is CCOC(=O)/C=C/c1ccccc1[C@@H](CC)OC[C@H](O)CN1CCC[C@H]1Cc1ccc(C)c(F)c1. The summed E-state index contributed by atoms with van der Waals surface area (Å²) in [5.41, 5.74) is 3.53. The molecule has 1 heterocycles. The molecule has 6 heteroatoms. The van der Waals surface area contributed by atoms with E-state index in [2.05, 4.69) is 4.90 Å². The largest absolute Gasteiger partial charge is 0.463 e. The first-order valence-corrected chi connectivity index (χ1v) is 12.6. The molecule has 0 saturated carbocycles. The lowest BCUT2D eigenvalue weighted by Gasteiger charge is -2.28. The van der Waals surface area contributed by atoms with Crippen molar-refractivity contribution in [3.8, 4) is 0 Å². The van der Waals surface area contributed by atoms with E-state index in [0.717, 1.165) is 48.9 Å². The number of halogens is 1. The number of esters is 1. The molecule has 35 heavy (non-hydrogen) atoms. The van der Waals surface area contributed by atoms with E-state index >= 15 is 0 Å². The van der Waals surface area contributed by atoms with Gasteiger partial charge in [0.15, 0.2) is 0 Å². The van der Waals surface area contributed by atoms with Crippen LogP contribution in [0.25, 0.3) is 6.08 Å². The summed E-state index contributed by atoms with van der Waals surface area (Å²) in [4.78, 5) is 14.0. The molecular formula is C29H38FNO4. The van der Waals surface area contributed by atoms with E-state index in [1.165, 1.54) is 6.08 Å². The lowest BCUT2D eigenvalue weighted by molar-refractivity contribution is -0.137. The summed E-state index contributed by atoms with van der Waals surface area (Å²) in [6, 6.07) is 13.5. The molecule has 1 saturated heterocycles. The van der Waals surface area contributed by atoms with Crippen molar-refractivity contribution < 1.29 is 23.8 Å². The van der Waals surface area contributed by atoms with E-state index < -0.39 is 6.10 Å². The standard InChI is InChI=1S/C29H38FNO4/c1-4-28(26-11-7-6-9-23(26)14-15-29(33)34-5-2)35-20-25(32)19-31-16-8-10-24(31)17-22-13-12-21(3)27(30)18-22/h6-7,9,11-15,18,24-25,28,32H,4-5,8,10,16-17,19-20H2,1-3H3/b15-14+/t24-,25+,28+/m0/s1. The summed E-state index contributed by atoms with van der Waals surface area (Å²) < 4.78 is 25.1. The maximum Gasteiger partial charge on any atom is 0.330 e. The number of ether oxygens (including phenoxy) is 2. The van der Waals surface area contributed by atoms with Crippen molar-refractivity contribution in [2.24, 2.45) is 0 Å². The topological polar surface area (TPSA) is 59.0 Å². The van der Waals surface area contributed by atoms with Gasteiger partial charge in [-0.2, -0.15) is 0 Å². The van der Waals surface area contributed by atoms with Crippen molar-refractivity contribution in [1.29, 1.82) is 0 Å². The fourth-order valence-corrected chi connectivity index (χ4v) is 4.68. The maximum absolute atomic E-state index is 14.0. The predicted octanol–water partition coefficient (Wildman–Crippen LogP) is 5.25. The van der Waals surface area contributed by atoms with Crippen LogP contribution in [-0.2, 0) is 20.7 Å². The van der Waals surface area contributed by atoms with Gasteiger partial charge in [-0.15, -0.1) is 0 Å². The van der Waals surface area contributed by atoms with Crippen molar-refractivity contribution in [2.75, 3.05) is 26.3 Å². The molecule has 5 nitrogen and oxygen atoms in total. The second kappa shape index (κ2) is 13.5. The van der Waals surface area contributed by atoms with Gasteiger partial charge in [-0.05, 0) is 80.5 Å². The van der Waals surface area contributed by atoms with Gasteiger partial charge < -0.3 is 14.6 Å². The van der Waals surface area contributed by atoms with E-state index in [-0.39, 0.29) is 24.5 Å². The van der Waals surface area contributed by atoms with E-state index in [4.69, 9.17) is 9.47 Å². The number of aryl methyl sites for hydroxylation is 1. The number of benzene rings is 2. The second-order valence-electron chi connectivity index (χ2n) is 9.18. The first kappa shape index (κ1) is 27.1. The molecule has 1 aliphatic rings. The summed E-state index contributed by atoms with van der Waals surface area (Å²) >= 11 is 0. The summed E-state index contributed by atoms with van der Waals surface area (Å²) in [5, 5.41) is 10.8. The molecule has 1 N–H and O–H groups in total. The highest BCUT2D eigenvalue weighted by Gasteiger charge is 2.27. The number of nitrogens with zero attached hydrogens (tertiary/aromatic N) is 1. The molecule has 0 amide bonds. The second-order valence-corrected chi connectivity index (χ2v) is 9.18. The Morgan fingerprint density at radius 2 is 2.06 bits per heavy atom. The van der Waals surface area contributed by atoms with Gasteiger partial charge in [0.25, 0.3) is 0 Å². The Bertz CT molecular complexity index is 992. The molecular weight excluding hydrogens is 445 g/mol. The third-order valence-corrected chi connectivity index (χ3v) is 6.54. The molecule has 1 fully saturated rings. The number of aliphatic hydroxyl groups excluding tert-OH is 1. The Morgan fingerprint density at radius 3 is 2.80 bits per heavy atom. The van der Waals surface area contributed by atoms with Gasteiger partial charge in [-0.3, -0.25) is 4.90 Å². The van der Waals surface area contributed by atoms with Crippen LogP contribution in [0.3, 0.4) is 0 Å².